The van der Waals surface area contributed by atoms with Gasteiger partial charge in [0.15, 0.2) is 0 Å². The summed E-state index contributed by atoms with van der Waals surface area (Å²) in [6, 6.07) is 6.23. The zero-order valence-electron chi connectivity index (χ0n) is 13.7. The molecule has 118 valence electrons. The molecule has 1 saturated carbocycles. The van der Waals surface area contributed by atoms with Crippen LogP contribution >= 0.6 is 0 Å². The van der Waals surface area contributed by atoms with E-state index in [1.165, 1.54) is 25.7 Å². The molecule has 1 N–H and O–H groups in total. The normalized spacial score (nSPS) is 15.9. The number of hydrogen-bond acceptors (Lipinski definition) is 2. The Hall–Kier alpha value is -1.09. The Kier molecular flexibility index (Phi) is 6.04. The highest BCUT2D eigenvalue weighted by atomic mass is 19.1. The van der Waals surface area contributed by atoms with E-state index in [2.05, 4.69) is 24.1 Å². The van der Waals surface area contributed by atoms with Gasteiger partial charge >= 0.3 is 0 Å². The number of halogens is 1. The Morgan fingerprint density at radius 3 is 2.57 bits per heavy atom. The lowest BCUT2D eigenvalue weighted by molar-refractivity contribution is 0.516. The van der Waals surface area contributed by atoms with E-state index in [-0.39, 0.29) is 5.82 Å². The molecule has 1 aliphatic rings. The lowest BCUT2D eigenvalue weighted by Crippen LogP contribution is -2.35. The van der Waals surface area contributed by atoms with Gasteiger partial charge in [-0.05, 0) is 49.9 Å². The first kappa shape index (κ1) is 16.3. The van der Waals surface area contributed by atoms with Crippen molar-refractivity contribution in [2.75, 3.05) is 18.5 Å². The van der Waals surface area contributed by atoms with Crippen LogP contribution in [0.15, 0.2) is 18.2 Å². The predicted octanol–water partition coefficient (Wildman–Crippen LogP) is 4.34. The molecule has 2 nitrogen and oxygen atoms in total. The second-order valence-electron chi connectivity index (χ2n) is 6.63. The van der Waals surface area contributed by atoms with Gasteiger partial charge in [0.05, 0.1) is 5.69 Å². The van der Waals surface area contributed by atoms with Gasteiger partial charge < -0.3 is 10.2 Å². The van der Waals surface area contributed by atoms with Gasteiger partial charge in [0.1, 0.15) is 5.82 Å². The van der Waals surface area contributed by atoms with Crippen molar-refractivity contribution < 1.29 is 4.39 Å². The van der Waals surface area contributed by atoms with Gasteiger partial charge in [-0.1, -0.05) is 32.8 Å². The lowest BCUT2D eigenvalue weighted by atomic mass is 10.1. The second kappa shape index (κ2) is 7.79. The average Bonchev–Trinajstić information content (AvgIpc) is 2.95. The van der Waals surface area contributed by atoms with Crippen LogP contribution in [-0.2, 0) is 6.54 Å². The summed E-state index contributed by atoms with van der Waals surface area (Å²) in [6.07, 6.45) is 6.09. The van der Waals surface area contributed by atoms with Crippen molar-refractivity contribution in [2.45, 2.75) is 58.5 Å². The first-order valence-electron chi connectivity index (χ1n) is 8.31. The highest BCUT2D eigenvalue weighted by Crippen LogP contribution is 2.31. The minimum atomic E-state index is -0.0709. The summed E-state index contributed by atoms with van der Waals surface area (Å²) in [7, 11) is 1.89. The maximum absolute atomic E-state index is 14.5. The molecule has 0 radical (unpaired) electrons. The lowest BCUT2D eigenvalue weighted by Gasteiger charge is -2.32. The van der Waals surface area contributed by atoms with Crippen molar-refractivity contribution in [3.05, 3.63) is 29.6 Å². The molecular weight excluding hydrogens is 263 g/mol. The van der Waals surface area contributed by atoms with Gasteiger partial charge in [-0.15, -0.1) is 0 Å². The number of nitrogens with zero attached hydrogens (tertiary/aromatic N) is 1. The Morgan fingerprint density at radius 2 is 2.00 bits per heavy atom. The van der Waals surface area contributed by atoms with Crippen LogP contribution in [0.4, 0.5) is 10.1 Å². The maximum atomic E-state index is 14.5. The highest BCUT2D eigenvalue weighted by Gasteiger charge is 2.24. The second-order valence-corrected chi connectivity index (χ2v) is 6.63. The molecule has 1 aromatic rings. The number of benzene rings is 1. The molecule has 21 heavy (non-hydrogen) atoms. The minimum absolute atomic E-state index is 0.0709. The highest BCUT2D eigenvalue weighted by molar-refractivity contribution is 5.50. The van der Waals surface area contributed by atoms with E-state index in [0.29, 0.717) is 18.5 Å². The molecule has 0 saturated heterocycles. The smallest absolute Gasteiger partial charge is 0.146 e. The summed E-state index contributed by atoms with van der Waals surface area (Å²) < 4.78 is 14.5. The van der Waals surface area contributed by atoms with Crippen molar-refractivity contribution in [3.8, 4) is 0 Å². The summed E-state index contributed by atoms with van der Waals surface area (Å²) in [5.74, 6) is 0.582. The fourth-order valence-corrected chi connectivity index (χ4v) is 3.21. The molecule has 0 aromatic heterocycles. The maximum Gasteiger partial charge on any atom is 0.146 e. The topological polar surface area (TPSA) is 15.3 Å². The third-order valence-corrected chi connectivity index (χ3v) is 4.42. The van der Waals surface area contributed by atoms with Crippen LogP contribution in [0.5, 0.6) is 0 Å². The zero-order valence-corrected chi connectivity index (χ0v) is 13.7. The standard InChI is InChI=1S/C18H29FN2/c1-14(2)10-11-21(16-6-4-5-7-16)18-9-8-15(13-20-3)12-17(18)19/h8-9,12,14,16,20H,4-7,10-11,13H2,1-3H3. The molecule has 0 amide bonds. The summed E-state index contributed by atoms with van der Waals surface area (Å²) in [5.41, 5.74) is 1.80. The van der Waals surface area contributed by atoms with Crippen molar-refractivity contribution >= 4 is 5.69 Å². The predicted molar refractivity (Wildman–Crippen MR) is 88.2 cm³/mol. The van der Waals surface area contributed by atoms with Gasteiger partial charge in [-0.3, -0.25) is 0 Å². The first-order valence-corrected chi connectivity index (χ1v) is 8.31. The fourth-order valence-electron chi connectivity index (χ4n) is 3.21. The monoisotopic (exact) mass is 292 g/mol. The summed E-state index contributed by atoms with van der Waals surface area (Å²) >= 11 is 0. The van der Waals surface area contributed by atoms with E-state index in [4.69, 9.17) is 0 Å². The first-order chi connectivity index (χ1) is 10.1. The van der Waals surface area contributed by atoms with Crippen LogP contribution in [0.2, 0.25) is 0 Å². The van der Waals surface area contributed by atoms with Crippen molar-refractivity contribution in [1.29, 1.82) is 0 Å². The van der Waals surface area contributed by atoms with Gasteiger partial charge in [0.25, 0.3) is 0 Å². The van der Waals surface area contributed by atoms with Gasteiger partial charge in [0, 0.05) is 19.1 Å². The summed E-state index contributed by atoms with van der Waals surface area (Å²) in [5, 5.41) is 3.07. The molecule has 3 heteroatoms. The average molecular weight is 292 g/mol. The van der Waals surface area contributed by atoms with E-state index in [1.54, 1.807) is 6.07 Å². The molecular formula is C18H29FN2. The number of hydrogen-bond donors (Lipinski definition) is 1. The van der Waals surface area contributed by atoms with Gasteiger partial charge in [-0.25, -0.2) is 4.39 Å². The molecule has 1 fully saturated rings. The molecule has 0 aliphatic heterocycles. The molecule has 1 aromatic carbocycles. The third kappa shape index (κ3) is 4.44. The molecule has 0 atom stereocenters. The Labute approximate surface area is 128 Å². The van der Waals surface area contributed by atoms with Crippen LogP contribution in [0.25, 0.3) is 0 Å². The molecule has 0 unspecified atom stereocenters. The largest absolute Gasteiger partial charge is 0.366 e. The molecule has 2 rings (SSSR count). The van der Waals surface area contributed by atoms with E-state index in [0.717, 1.165) is 24.2 Å². The third-order valence-electron chi connectivity index (χ3n) is 4.42. The molecule has 0 heterocycles. The van der Waals surface area contributed by atoms with E-state index in [1.807, 2.05) is 19.2 Å². The fraction of sp³-hybridized carbons (Fsp3) is 0.667. The number of nitrogens with one attached hydrogen (secondary N) is 1. The Morgan fingerprint density at radius 1 is 1.29 bits per heavy atom. The van der Waals surface area contributed by atoms with Crippen LogP contribution in [-0.4, -0.2) is 19.6 Å². The van der Waals surface area contributed by atoms with E-state index < -0.39 is 0 Å². The SMILES string of the molecule is CNCc1ccc(N(CCC(C)C)C2CCCC2)c(F)c1. The van der Waals surface area contributed by atoms with Crippen molar-refractivity contribution in [3.63, 3.8) is 0 Å². The Bertz CT molecular complexity index is 439. The Balaban J connectivity index is 2.18. The quantitative estimate of drug-likeness (QED) is 0.804. The number of rotatable bonds is 7. The van der Waals surface area contributed by atoms with Crippen molar-refractivity contribution in [2.24, 2.45) is 5.92 Å². The van der Waals surface area contributed by atoms with E-state index >= 15 is 0 Å². The minimum Gasteiger partial charge on any atom is -0.366 e. The molecule has 0 bridgehead atoms. The zero-order chi connectivity index (χ0) is 15.2. The van der Waals surface area contributed by atoms with Crippen LogP contribution < -0.4 is 10.2 Å². The molecule has 1 aliphatic carbocycles. The van der Waals surface area contributed by atoms with Crippen molar-refractivity contribution in [1.82, 2.24) is 5.32 Å². The van der Waals surface area contributed by atoms with Gasteiger partial charge in [0.2, 0.25) is 0 Å². The summed E-state index contributed by atoms with van der Waals surface area (Å²) in [4.78, 5) is 2.32. The summed E-state index contributed by atoms with van der Waals surface area (Å²) in [6.45, 7) is 6.15. The van der Waals surface area contributed by atoms with Crippen LogP contribution in [0, 0.1) is 11.7 Å². The van der Waals surface area contributed by atoms with E-state index in [9.17, 15) is 4.39 Å². The van der Waals surface area contributed by atoms with Crippen LogP contribution in [0.1, 0.15) is 51.5 Å². The van der Waals surface area contributed by atoms with Crippen LogP contribution in [0.3, 0.4) is 0 Å². The molecule has 0 spiro atoms. The van der Waals surface area contributed by atoms with Gasteiger partial charge in [-0.2, -0.15) is 0 Å². The number of anilines is 1.